The monoisotopic (exact) mass is 261 g/mol. The molecular weight excluding hydrogens is 251 g/mol. The van der Waals surface area contributed by atoms with Crippen molar-refractivity contribution in [2.45, 2.75) is 12.1 Å². The van der Waals surface area contributed by atoms with Crippen LogP contribution in [-0.2, 0) is 4.79 Å². The number of rotatable bonds is 2. The summed E-state index contributed by atoms with van der Waals surface area (Å²) in [5, 5.41) is 12.4. The van der Waals surface area contributed by atoms with Crippen LogP contribution in [0.1, 0.15) is 11.5 Å². The van der Waals surface area contributed by atoms with Gasteiger partial charge in [0.25, 0.3) is 0 Å². The summed E-state index contributed by atoms with van der Waals surface area (Å²) in [4.78, 5) is 10.7. The number of halogens is 3. The van der Waals surface area contributed by atoms with Gasteiger partial charge in [0.05, 0.1) is 0 Å². The maximum Gasteiger partial charge on any atom is 0.491 e. The zero-order valence-corrected chi connectivity index (χ0v) is 9.12. The molecule has 0 radical (unpaired) electrons. The molecule has 2 rings (SSSR count). The summed E-state index contributed by atoms with van der Waals surface area (Å²) in [5.41, 5.74) is 0.719. The summed E-state index contributed by atoms with van der Waals surface area (Å²) in [6, 6.07) is 4.06. The minimum atomic E-state index is -5.08. The molecule has 1 aliphatic heterocycles. The number of ether oxygens (including phenoxy) is 1. The Kier molecular flexibility index (Phi) is 3.16. The van der Waals surface area contributed by atoms with Gasteiger partial charge < -0.3 is 15.2 Å². The van der Waals surface area contributed by atoms with E-state index >= 15 is 0 Å². The molecule has 0 aromatic heterocycles. The molecule has 1 saturated heterocycles. The van der Waals surface area contributed by atoms with Gasteiger partial charge in [-0.2, -0.15) is 13.2 Å². The van der Waals surface area contributed by atoms with Crippen molar-refractivity contribution in [1.29, 1.82) is 0 Å². The molecule has 1 aromatic rings. The van der Waals surface area contributed by atoms with E-state index in [0.29, 0.717) is 13.1 Å². The standard InChI is InChI=1S/C11H10F3NO3/c12-11(13,14)10(17)18-9-3-6(1-2-8(9)16)7-4-15-5-7/h1-3,7,15-16H,4-5H2. The Labute approximate surface area is 100 Å². The number of carbonyl (C=O) groups is 1. The lowest BCUT2D eigenvalue weighted by atomic mass is 9.93. The van der Waals surface area contributed by atoms with Crippen LogP contribution < -0.4 is 10.1 Å². The lowest BCUT2D eigenvalue weighted by Gasteiger charge is -2.27. The summed E-state index contributed by atoms with van der Waals surface area (Å²) in [7, 11) is 0. The number of hydrogen-bond acceptors (Lipinski definition) is 4. The molecule has 4 nitrogen and oxygen atoms in total. The van der Waals surface area contributed by atoms with E-state index in [1.165, 1.54) is 12.1 Å². The van der Waals surface area contributed by atoms with Crippen molar-refractivity contribution >= 4 is 5.97 Å². The quantitative estimate of drug-likeness (QED) is 0.626. The molecule has 0 bridgehead atoms. The minimum Gasteiger partial charge on any atom is -0.504 e. The number of phenolic OH excluding ortho intramolecular Hbond substituents is 1. The first-order valence-electron chi connectivity index (χ1n) is 5.20. The maximum atomic E-state index is 12.0. The van der Waals surface area contributed by atoms with Crippen molar-refractivity contribution in [2.24, 2.45) is 0 Å². The molecular formula is C11H10F3NO3. The third-order valence-corrected chi connectivity index (χ3v) is 2.67. The number of carbonyl (C=O) groups excluding carboxylic acids is 1. The fourth-order valence-corrected chi connectivity index (χ4v) is 1.55. The Morgan fingerprint density at radius 1 is 1.39 bits per heavy atom. The number of nitrogens with one attached hydrogen (secondary N) is 1. The first-order valence-corrected chi connectivity index (χ1v) is 5.20. The molecule has 98 valence electrons. The third kappa shape index (κ3) is 2.56. The fourth-order valence-electron chi connectivity index (χ4n) is 1.55. The Balaban J connectivity index is 2.18. The molecule has 18 heavy (non-hydrogen) atoms. The molecule has 0 unspecified atom stereocenters. The number of esters is 1. The largest absolute Gasteiger partial charge is 0.504 e. The van der Waals surface area contributed by atoms with Crippen LogP contribution >= 0.6 is 0 Å². The van der Waals surface area contributed by atoms with Crippen LogP contribution in [0.5, 0.6) is 11.5 Å². The highest BCUT2D eigenvalue weighted by Gasteiger charge is 2.41. The zero-order chi connectivity index (χ0) is 13.3. The van der Waals surface area contributed by atoms with Crippen molar-refractivity contribution in [1.82, 2.24) is 5.32 Å². The van der Waals surface area contributed by atoms with Crippen molar-refractivity contribution in [3.63, 3.8) is 0 Å². The molecule has 2 N–H and O–H groups in total. The summed E-state index contributed by atoms with van der Waals surface area (Å²) >= 11 is 0. The maximum absolute atomic E-state index is 12.0. The van der Waals surface area contributed by atoms with Gasteiger partial charge in [0.15, 0.2) is 11.5 Å². The lowest BCUT2D eigenvalue weighted by Crippen LogP contribution is -2.39. The first-order chi connectivity index (χ1) is 8.38. The first kappa shape index (κ1) is 12.7. The predicted octanol–water partition coefficient (Wildman–Crippen LogP) is 1.55. The molecule has 0 atom stereocenters. The lowest BCUT2D eigenvalue weighted by molar-refractivity contribution is -0.189. The Hall–Kier alpha value is -1.76. The van der Waals surface area contributed by atoms with Crippen LogP contribution in [0.4, 0.5) is 13.2 Å². The van der Waals surface area contributed by atoms with Crippen molar-refractivity contribution in [3.8, 4) is 11.5 Å². The predicted molar refractivity (Wildman–Crippen MR) is 55.4 cm³/mol. The van der Waals surface area contributed by atoms with Gasteiger partial charge in [-0.15, -0.1) is 0 Å². The summed E-state index contributed by atoms with van der Waals surface area (Å²) < 4.78 is 40.2. The Morgan fingerprint density at radius 3 is 2.56 bits per heavy atom. The van der Waals surface area contributed by atoms with Crippen molar-refractivity contribution < 1.29 is 27.8 Å². The van der Waals surface area contributed by atoms with Crippen LogP contribution in [0.15, 0.2) is 18.2 Å². The Morgan fingerprint density at radius 2 is 2.06 bits per heavy atom. The van der Waals surface area contributed by atoms with E-state index in [2.05, 4.69) is 10.1 Å². The molecule has 7 heteroatoms. The van der Waals surface area contributed by atoms with E-state index in [1.54, 1.807) is 6.07 Å². The van der Waals surface area contributed by atoms with Gasteiger partial charge in [-0.05, 0) is 17.7 Å². The van der Waals surface area contributed by atoms with Gasteiger partial charge in [0.1, 0.15) is 0 Å². The number of alkyl halides is 3. The zero-order valence-electron chi connectivity index (χ0n) is 9.12. The van der Waals surface area contributed by atoms with Crippen LogP contribution in [0.2, 0.25) is 0 Å². The molecule has 0 amide bonds. The van der Waals surface area contributed by atoms with Crippen LogP contribution in [0.25, 0.3) is 0 Å². The van der Waals surface area contributed by atoms with Gasteiger partial charge in [-0.1, -0.05) is 6.07 Å². The summed E-state index contributed by atoms with van der Waals surface area (Å²) in [5.74, 6) is -3.15. The SMILES string of the molecule is O=C(Oc1cc(C2CNC2)ccc1O)C(F)(F)F. The number of hydrogen-bond donors (Lipinski definition) is 2. The molecule has 1 aliphatic rings. The number of phenols is 1. The summed E-state index contributed by atoms with van der Waals surface area (Å²) in [6.07, 6.45) is -5.08. The van der Waals surface area contributed by atoms with Gasteiger partial charge in [-0.3, -0.25) is 0 Å². The molecule has 1 fully saturated rings. The highest BCUT2D eigenvalue weighted by atomic mass is 19.4. The van der Waals surface area contributed by atoms with Crippen molar-refractivity contribution in [3.05, 3.63) is 23.8 Å². The van der Waals surface area contributed by atoms with E-state index in [9.17, 15) is 23.1 Å². The topological polar surface area (TPSA) is 58.6 Å². The van der Waals surface area contributed by atoms with Crippen LogP contribution in [-0.4, -0.2) is 30.3 Å². The second kappa shape index (κ2) is 4.49. The van der Waals surface area contributed by atoms with Gasteiger partial charge in [0, 0.05) is 19.0 Å². The van der Waals surface area contributed by atoms with E-state index < -0.39 is 23.6 Å². The van der Waals surface area contributed by atoms with E-state index in [1.807, 2.05) is 0 Å². The third-order valence-electron chi connectivity index (χ3n) is 2.67. The highest BCUT2D eigenvalue weighted by Crippen LogP contribution is 2.32. The van der Waals surface area contributed by atoms with Gasteiger partial charge >= 0.3 is 12.1 Å². The van der Waals surface area contributed by atoms with E-state index in [4.69, 9.17) is 0 Å². The second-order valence-electron chi connectivity index (χ2n) is 3.97. The number of aromatic hydroxyl groups is 1. The molecule has 1 heterocycles. The summed E-state index contributed by atoms with van der Waals surface area (Å²) in [6.45, 7) is 1.41. The van der Waals surface area contributed by atoms with E-state index in [0.717, 1.165) is 5.56 Å². The molecule has 1 aromatic carbocycles. The normalized spacial score (nSPS) is 16.2. The second-order valence-corrected chi connectivity index (χ2v) is 3.97. The average Bonchev–Trinajstić information content (AvgIpc) is 2.19. The fraction of sp³-hybridized carbons (Fsp3) is 0.364. The molecule has 0 spiro atoms. The minimum absolute atomic E-state index is 0.161. The molecule has 0 aliphatic carbocycles. The Bertz CT molecular complexity index is 469. The van der Waals surface area contributed by atoms with Gasteiger partial charge in [-0.25, -0.2) is 4.79 Å². The smallest absolute Gasteiger partial charge is 0.491 e. The van der Waals surface area contributed by atoms with Crippen LogP contribution in [0.3, 0.4) is 0 Å². The number of benzene rings is 1. The van der Waals surface area contributed by atoms with Crippen molar-refractivity contribution in [2.75, 3.05) is 13.1 Å². The molecule has 0 saturated carbocycles. The van der Waals surface area contributed by atoms with E-state index in [-0.39, 0.29) is 5.92 Å². The van der Waals surface area contributed by atoms with Gasteiger partial charge in [0.2, 0.25) is 0 Å². The average molecular weight is 261 g/mol. The highest BCUT2D eigenvalue weighted by molar-refractivity contribution is 5.78. The van der Waals surface area contributed by atoms with Crippen LogP contribution in [0, 0.1) is 0 Å².